The van der Waals surface area contributed by atoms with E-state index in [4.69, 9.17) is 4.42 Å². The molecule has 5 nitrogen and oxygen atoms in total. The number of hydrogen-bond acceptors (Lipinski definition) is 5. The topological polar surface area (TPSA) is 56.7 Å². The summed E-state index contributed by atoms with van der Waals surface area (Å²) < 4.78 is 8.03. The summed E-state index contributed by atoms with van der Waals surface area (Å²) in [6, 6.07) is 8.86. The van der Waals surface area contributed by atoms with Gasteiger partial charge in [0.05, 0.1) is 5.69 Å². The van der Waals surface area contributed by atoms with E-state index in [1.807, 2.05) is 12.1 Å². The number of nitrogens with zero attached hydrogens (tertiary/aromatic N) is 4. The smallest absolute Gasteiger partial charge is 0.226 e. The van der Waals surface area contributed by atoms with Gasteiger partial charge in [0.15, 0.2) is 5.16 Å². The maximum atomic E-state index is 5.66. The molecule has 3 aromatic rings. The lowest BCUT2D eigenvalue weighted by Gasteiger charge is -2.07. The van der Waals surface area contributed by atoms with Crippen molar-refractivity contribution in [2.75, 3.05) is 0 Å². The quantitative estimate of drug-likeness (QED) is 0.599. The van der Waals surface area contributed by atoms with Gasteiger partial charge in [-0.2, -0.15) is 0 Å². The van der Waals surface area contributed by atoms with Crippen LogP contribution in [0.3, 0.4) is 0 Å². The van der Waals surface area contributed by atoms with Gasteiger partial charge in [-0.1, -0.05) is 29.5 Å². The number of oxazole rings is 1. The van der Waals surface area contributed by atoms with E-state index in [-0.39, 0.29) is 0 Å². The molecule has 0 saturated heterocycles. The first-order valence-electron chi connectivity index (χ1n) is 8.87. The Kier molecular flexibility index (Phi) is 3.66. The largest absolute Gasteiger partial charge is 0.444 e. The molecule has 5 rings (SSSR count). The third-order valence-electron chi connectivity index (χ3n) is 4.74. The van der Waals surface area contributed by atoms with Crippen LogP contribution in [0.1, 0.15) is 54.7 Å². The maximum Gasteiger partial charge on any atom is 0.226 e. The van der Waals surface area contributed by atoms with E-state index < -0.39 is 0 Å². The Labute approximate surface area is 150 Å². The lowest BCUT2D eigenvalue weighted by atomic mass is 10.1. The van der Waals surface area contributed by atoms with Crippen LogP contribution in [-0.2, 0) is 5.75 Å². The first kappa shape index (κ1) is 15.2. The molecule has 2 aromatic heterocycles. The van der Waals surface area contributed by atoms with Gasteiger partial charge in [-0.3, -0.25) is 0 Å². The predicted octanol–water partition coefficient (Wildman–Crippen LogP) is 4.75. The zero-order chi connectivity index (χ0) is 16.8. The molecule has 0 atom stereocenters. The normalized spacial score (nSPS) is 17.2. The van der Waals surface area contributed by atoms with Crippen molar-refractivity contribution in [3.05, 3.63) is 47.6 Å². The number of benzene rings is 1. The minimum absolute atomic E-state index is 0.619. The molecule has 2 aliphatic carbocycles. The van der Waals surface area contributed by atoms with Crippen LogP contribution in [0.2, 0.25) is 0 Å². The van der Waals surface area contributed by atoms with Crippen LogP contribution in [0.4, 0.5) is 0 Å². The van der Waals surface area contributed by atoms with Gasteiger partial charge in [-0.05, 0) is 44.7 Å². The Morgan fingerprint density at radius 2 is 1.92 bits per heavy atom. The van der Waals surface area contributed by atoms with Crippen molar-refractivity contribution in [3.8, 4) is 11.5 Å². The lowest BCUT2D eigenvalue weighted by molar-refractivity contribution is 0.573. The van der Waals surface area contributed by atoms with Crippen LogP contribution >= 0.6 is 11.8 Å². The zero-order valence-electron chi connectivity index (χ0n) is 14.2. The van der Waals surface area contributed by atoms with Crippen molar-refractivity contribution in [3.63, 3.8) is 0 Å². The zero-order valence-corrected chi connectivity index (χ0v) is 15.0. The fraction of sp³-hybridized carbons (Fsp3) is 0.421. The Bertz CT molecular complexity index is 891. The van der Waals surface area contributed by atoms with Gasteiger partial charge < -0.3 is 8.98 Å². The highest BCUT2D eigenvalue weighted by atomic mass is 32.2. The van der Waals surface area contributed by atoms with Gasteiger partial charge in [-0.15, -0.1) is 10.2 Å². The van der Waals surface area contributed by atoms with E-state index in [1.54, 1.807) is 18.0 Å². The van der Waals surface area contributed by atoms with Gasteiger partial charge in [0.1, 0.15) is 12.1 Å². The van der Waals surface area contributed by atoms with Crippen molar-refractivity contribution in [2.45, 2.75) is 55.5 Å². The van der Waals surface area contributed by atoms with Crippen LogP contribution in [-0.4, -0.2) is 19.7 Å². The number of aromatic nitrogens is 4. The average Bonchev–Trinajstić information content (AvgIpc) is 3.55. The summed E-state index contributed by atoms with van der Waals surface area (Å²) in [6.07, 6.45) is 6.79. The van der Waals surface area contributed by atoms with Gasteiger partial charge >= 0.3 is 0 Å². The fourth-order valence-corrected chi connectivity index (χ4v) is 3.91. The molecule has 2 saturated carbocycles. The van der Waals surface area contributed by atoms with Crippen molar-refractivity contribution in [1.29, 1.82) is 0 Å². The molecule has 1 aromatic carbocycles. The first-order chi connectivity index (χ1) is 12.3. The third kappa shape index (κ3) is 3.11. The molecule has 0 N–H and O–H groups in total. The summed E-state index contributed by atoms with van der Waals surface area (Å²) in [5.41, 5.74) is 3.19. The second kappa shape index (κ2) is 6.02. The summed E-state index contributed by atoms with van der Waals surface area (Å²) in [5.74, 6) is 3.27. The SMILES string of the molecule is Cc1ccc(-c2nc(CSc3nnc(C4CC4)n3C3CC3)co2)cc1. The van der Waals surface area contributed by atoms with Crippen LogP contribution in [0.5, 0.6) is 0 Å². The second-order valence-electron chi connectivity index (χ2n) is 7.01. The third-order valence-corrected chi connectivity index (χ3v) is 5.72. The fourth-order valence-electron chi connectivity index (χ4n) is 3.02. The summed E-state index contributed by atoms with van der Waals surface area (Å²) in [7, 11) is 0. The number of thioether (sulfide) groups is 1. The minimum atomic E-state index is 0.619. The molecule has 128 valence electrons. The van der Waals surface area contributed by atoms with Gasteiger partial charge in [0.25, 0.3) is 0 Å². The Balaban J connectivity index is 1.31. The van der Waals surface area contributed by atoms with E-state index in [1.165, 1.54) is 37.1 Å². The molecule has 6 heteroatoms. The summed E-state index contributed by atoms with van der Waals surface area (Å²) in [5, 5.41) is 9.94. The monoisotopic (exact) mass is 352 g/mol. The standard InChI is InChI=1S/C19H20N4OS/c1-12-2-4-14(5-3-12)18-20-15(10-24-18)11-25-19-22-21-17(13-6-7-13)23(19)16-8-9-16/h2-5,10,13,16H,6-9,11H2,1H3. The highest BCUT2D eigenvalue weighted by Crippen LogP contribution is 2.46. The van der Waals surface area contributed by atoms with E-state index in [9.17, 15) is 0 Å². The summed E-state index contributed by atoms with van der Waals surface area (Å²) in [6.45, 7) is 2.08. The van der Waals surface area contributed by atoms with Crippen molar-refractivity contribution in [2.24, 2.45) is 0 Å². The number of rotatable bonds is 6. The maximum absolute atomic E-state index is 5.66. The van der Waals surface area contributed by atoms with Gasteiger partial charge in [-0.25, -0.2) is 4.98 Å². The van der Waals surface area contributed by atoms with Crippen molar-refractivity contribution in [1.82, 2.24) is 19.7 Å². The molecule has 0 amide bonds. The molecular weight excluding hydrogens is 332 g/mol. The molecule has 0 unspecified atom stereocenters. The van der Waals surface area contributed by atoms with E-state index >= 15 is 0 Å². The highest BCUT2D eigenvalue weighted by Gasteiger charge is 2.36. The minimum Gasteiger partial charge on any atom is -0.444 e. The molecule has 0 aliphatic heterocycles. The Morgan fingerprint density at radius 1 is 1.12 bits per heavy atom. The van der Waals surface area contributed by atoms with Crippen LogP contribution in [0.15, 0.2) is 40.1 Å². The molecule has 2 fully saturated rings. The van der Waals surface area contributed by atoms with E-state index in [2.05, 4.69) is 38.8 Å². The van der Waals surface area contributed by atoms with E-state index in [0.29, 0.717) is 17.9 Å². The van der Waals surface area contributed by atoms with Gasteiger partial charge in [0.2, 0.25) is 5.89 Å². The Hall–Kier alpha value is -2.08. The van der Waals surface area contributed by atoms with Crippen LogP contribution in [0.25, 0.3) is 11.5 Å². The predicted molar refractivity (Wildman–Crippen MR) is 96.5 cm³/mol. The molecule has 0 radical (unpaired) electrons. The van der Waals surface area contributed by atoms with E-state index in [0.717, 1.165) is 22.2 Å². The molecule has 2 heterocycles. The Morgan fingerprint density at radius 3 is 2.64 bits per heavy atom. The van der Waals surface area contributed by atoms with Gasteiger partial charge in [0, 0.05) is 23.3 Å². The van der Waals surface area contributed by atoms with Crippen LogP contribution in [0, 0.1) is 6.92 Å². The summed E-state index contributed by atoms with van der Waals surface area (Å²) >= 11 is 1.71. The van der Waals surface area contributed by atoms with Crippen LogP contribution < -0.4 is 0 Å². The van der Waals surface area contributed by atoms with Crippen molar-refractivity contribution < 1.29 is 4.42 Å². The lowest BCUT2D eigenvalue weighted by Crippen LogP contribution is -2.01. The molecule has 0 spiro atoms. The molecular formula is C19H20N4OS. The number of hydrogen-bond donors (Lipinski definition) is 0. The van der Waals surface area contributed by atoms with Crippen molar-refractivity contribution >= 4 is 11.8 Å². The average molecular weight is 352 g/mol. The molecule has 0 bridgehead atoms. The second-order valence-corrected chi connectivity index (χ2v) is 7.96. The summed E-state index contributed by atoms with van der Waals surface area (Å²) in [4.78, 5) is 4.62. The molecule has 25 heavy (non-hydrogen) atoms. The molecule has 2 aliphatic rings. The highest BCUT2D eigenvalue weighted by molar-refractivity contribution is 7.98. The number of aryl methyl sites for hydroxylation is 1. The first-order valence-corrected chi connectivity index (χ1v) is 9.85.